The Morgan fingerprint density at radius 1 is 1.30 bits per heavy atom. The highest BCUT2D eigenvalue weighted by atomic mass is 16.6. The second-order valence-electron chi connectivity index (χ2n) is 7.75. The molecule has 0 saturated carbocycles. The van der Waals surface area contributed by atoms with Crippen LogP contribution in [0.2, 0.25) is 0 Å². The molecule has 2 N–H and O–H groups in total. The van der Waals surface area contributed by atoms with Crippen LogP contribution in [0.25, 0.3) is 0 Å². The van der Waals surface area contributed by atoms with Crippen LogP contribution in [0.5, 0.6) is 0 Å². The molecule has 2 aliphatic heterocycles. The summed E-state index contributed by atoms with van der Waals surface area (Å²) in [4.78, 5) is 50.6. The number of carbonyl (C=O) groups is 4. The van der Waals surface area contributed by atoms with Crippen LogP contribution in [0, 0.1) is 0 Å². The topological polar surface area (TPSA) is 125 Å². The summed E-state index contributed by atoms with van der Waals surface area (Å²) in [5, 5.41) is 11.9. The van der Waals surface area contributed by atoms with Crippen molar-refractivity contribution in [1.29, 1.82) is 0 Å². The summed E-state index contributed by atoms with van der Waals surface area (Å²) in [6.07, 6.45) is -0.234. The van der Waals surface area contributed by atoms with Gasteiger partial charge in [0.2, 0.25) is 11.8 Å². The van der Waals surface area contributed by atoms with Gasteiger partial charge in [0.05, 0.1) is 6.61 Å². The smallest absolute Gasteiger partial charge is 0.410 e. The van der Waals surface area contributed by atoms with Crippen molar-refractivity contribution < 1.29 is 33.8 Å². The molecule has 2 saturated heterocycles. The lowest BCUT2D eigenvalue weighted by Gasteiger charge is -2.28. The average molecular weight is 385 g/mol. The Bertz CT molecular complexity index is 616. The highest BCUT2D eigenvalue weighted by molar-refractivity contribution is 5.92. The number of nitrogens with one attached hydrogen (secondary N) is 1. The molecule has 27 heavy (non-hydrogen) atoms. The van der Waals surface area contributed by atoms with Gasteiger partial charge >= 0.3 is 12.1 Å². The maximum atomic E-state index is 12.7. The molecule has 0 radical (unpaired) electrons. The van der Waals surface area contributed by atoms with Crippen molar-refractivity contribution in [3.05, 3.63) is 0 Å². The zero-order valence-corrected chi connectivity index (χ0v) is 16.1. The fourth-order valence-electron chi connectivity index (χ4n) is 3.10. The van der Waals surface area contributed by atoms with Gasteiger partial charge in [-0.25, -0.2) is 9.59 Å². The fourth-order valence-corrected chi connectivity index (χ4v) is 3.10. The summed E-state index contributed by atoms with van der Waals surface area (Å²) in [6.45, 7) is 5.09. The summed E-state index contributed by atoms with van der Waals surface area (Å²) in [6, 6.07) is -1.85. The third kappa shape index (κ3) is 5.31. The number of aliphatic carboxylic acids is 1. The maximum absolute atomic E-state index is 12.7. The van der Waals surface area contributed by atoms with E-state index in [4.69, 9.17) is 9.47 Å². The quantitative estimate of drug-likeness (QED) is 0.706. The summed E-state index contributed by atoms with van der Waals surface area (Å²) < 4.78 is 10.7. The normalized spacial score (nSPS) is 25.4. The van der Waals surface area contributed by atoms with E-state index in [-0.39, 0.29) is 19.6 Å². The molecule has 0 aliphatic carbocycles. The van der Waals surface area contributed by atoms with Crippen LogP contribution in [0.15, 0.2) is 0 Å². The lowest BCUT2D eigenvalue weighted by Crippen LogP contribution is -2.54. The van der Waals surface area contributed by atoms with Crippen LogP contribution in [0.1, 0.15) is 40.0 Å². The zero-order chi connectivity index (χ0) is 20.4. The third-order valence-corrected chi connectivity index (χ3v) is 4.31. The first kappa shape index (κ1) is 20.9. The molecule has 10 nitrogen and oxygen atoms in total. The van der Waals surface area contributed by atoms with Crippen molar-refractivity contribution >= 4 is 23.9 Å². The van der Waals surface area contributed by atoms with Crippen molar-refractivity contribution in [2.24, 2.45) is 0 Å². The van der Waals surface area contributed by atoms with E-state index in [1.807, 2.05) is 0 Å². The van der Waals surface area contributed by atoms with Crippen LogP contribution < -0.4 is 5.32 Å². The molecule has 2 fully saturated rings. The van der Waals surface area contributed by atoms with Gasteiger partial charge in [-0.1, -0.05) is 0 Å². The lowest BCUT2D eigenvalue weighted by atomic mass is 10.1. The Morgan fingerprint density at radius 3 is 2.56 bits per heavy atom. The highest BCUT2D eigenvalue weighted by Gasteiger charge is 2.45. The predicted molar refractivity (Wildman–Crippen MR) is 92.7 cm³/mol. The minimum absolute atomic E-state index is 0.228. The molecule has 10 heteroatoms. The number of carbonyl (C=O) groups excluding carboxylic acids is 3. The number of carboxylic acids is 1. The van der Waals surface area contributed by atoms with E-state index in [1.54, 1.807) is 20.8 Å². The summed E-state index contributed by atoms with van der Waals surface area (Å²) in [7, 11) is 1.42. The zero-order valence-electron chi connectivity index (χ0n) is 16.1. The molecule has 152 valence electrons. The number of hydrogen-bond acceptors (Lipinski definition) is 6. The molecular weight excluding hydrogens is 358 g/mol. The first-order valence-electron chi connectivity index (χ1n) is 8.89. The van der Waals surface area contributed by atoms with E-state index in [0.29, 0.717) is 12.8 Å². The minimum atomic E-state index is -1.09. The van der Waals surface area contributed by atoms with E-state index in [2.05, 4.69) is 5.32 Å². The van der Waals surface area contributed by atoms with Crippen molar-refractivity contribution in [2.45, 2.75) is 63.9 Å². The molecule has 2 aliphatic rings. The van der Waals surface area contributed by atoms with Gasteiger partial charge in [-0.2, -0.15) is 0 Å². The summed E-state index contributed by atoms with van der Waals surface area (Å²) in [5.41, 5.74) is -0.687. The second-order valence-corrected chi connectivity index (χ2v) is 7.75. The Balaban J connectivity index is 1.97. The van der Waals surface area contributed by atoms with Crippen molar-refractivity contribution in [3.63, 3.8) is 0 Å². The van der Waals surface area contributed by atoms with Gasteiger partial charge < -0.3 is 29.7 Å². The lowest BCUT2D eigenvalue weighted by molar-refractivity contribution is -0.155. The fraction of sp³-hybridized carbons (Fsp3) is 0.765. The van der Waals surface area contributed by atoms with E-state index in [0.717, 1.165) is 4.90 Å². The van der Waals surface area contributed by atoms with E-state index in [9.17, 15) is 24.3 Å². The molecule has 3 atom stereocenters. The number of nitrogens with zero attached hydrogens (tertiary/aromatic N) is 2. The predicted octanol–water partition coefficient (Wildman–Crippen LogP) is 0.160. The molecule has 3 amide bonds. The van der Waals surface area contributed by atoms with Crippen LogP contribution in [0.4, 0.5) is 4.79 Å². The number of likely N-dealkylation sites (N-methyl/N-ethyl adjacent to an activating group) is 1. The molecule has 0 bridgehead atoms. The molecular formula is C17H27N3O7. The molecule has 0 unspecified atom stereocenters. The largest absolute Gasteiger partial charge is 0.480 e. The Morgan fingerprint density at radius 2 is 1.96 bits per heavy atom. The standard InChI is InChI=1S/C17H27N3O7/c1-17(2,3)27-16(25)19(4)9-12(21)18-10-7-8-26-13-6-5-11(15(23)24)20(13)14(10)22/h10-11,13H,5-9H2,1-4H3,(H,18,21)(H,23,24)/t10-,11-,13-/m0/s1. The Kier molecular flexibility index (Phi) is 6.30. The molecule has 0 spiro atoms. The number of fused-ring (bicyclic) bond motifs is 1. The SMILES string of the molecule is CN(CC(=O)N[C@H]1CCO[C@H]2CC[C@@H](C(=O)O)N2C1=O)C(=O)OC(C)(C)C. The highest BCUT2D eigenvalue weighted by Crippen LogP contribution is 2.28. The van der Waals surface area contributed by atoms with Gasteiger partial charge in [-0.3, -0.25) is 9.59 Å². The average Bonchev–Trinajstić information content (AvgIpc) is 2.89. The van der Waals surface area contributed by atoms with Gasteiger partial charge in [0.1, 0.15) is 30.5 Å². The summed E-state index contributed by atoms with van der Waals surface area (Å²) in [5.74, 6) is -2.10. The van der Waals surface area contributed by atoms with E-state index < -0.39 is 47.8 Å². The Hall–Kier alpha value is -2.36. The van der Waals surface area contributed by atoms with Crippen LogP contribution in [0.3, 0.4) is 0 Å². The molecule has 2 rings (SSSR count). The molecule has 2 heterocycles. The number of hydrogen-bond donors (Lipinski definition) is 2. The molecule has 0 aromatic heterocycles. The minimum Gasteiger partial charge on any atom is -0.480 e. The monoisotopic (exact) mass is 385 g/mol. The van der Waals surface area contributed by atoms with Gasteiger partial charge in [0.25, 0.3) is 0 Å². The molecule has 0 aromatic carbocycles. The number of carboxylic acid groups (broad SMARTS) is 1. The van der Waals surface area contributed by atoms with Crippen LogP contribution >= 0.6 is 0 Å². The third-order valence-electron chi connectivity index (χ3n) is 4.31. The van der Waals surface area contributed by atoms with Crippen LogP contribution in [-0.4, -0.2) is 82.9 Å². The van der Waals surface area contributed by atoms with E-state index in [1.165, 1.54) is 11.9 Å². The number of ether oxygens (including phenoxy) is 2. The van der Waals surface area contributed by atoms with Gasteiger partial charge in [0.15, 0.2) is 0 Å². The molecule has 0 aromatic rings. The first-order chi connectivity index (χ1) is 12.5. The first-order valence-corrected chi connectivity index (χ1v) is 8.89. The van der Waals surface area contributed by atoms with Crippen molar-refractivity contribution in [2.75, 3.05) is 20.2 Å². The van der Waals surface area contributed by atoms with E-state index >= 15 is 0 Å². The number of amides is 3. The van der Waals surface area contributed by atoms with Gasteiger partial charge in [-0.15, -0.1) is 0 Å². The van der Waals surface area contributed by atoms with Crippen molar-refractivity contribution in [1.82, 2.24) is 15.1 Å². The number of rotatable bonds is 4. The van der Waals surface area contributed by atoms with Crippen molar-refractivity contribution in [3.8, 4) is 0 Å². The maximum Gasteiger partial charge on any atom is 0.410 e. The van der Waals surface area contributed by atoms with Gasteiger partial charge in [-0.05, 0) is 33.6 Å². The van der Waals surface area contributed by atoms with Crippen LogP contribution in [-0.2, 0) is 23.9 Å². The second kappa shape index (κ2) is 8.12. The van der Waals surface area contributed by atoms with Gasteiger partial charge in [0, 0.05) is 13.5 Å². The summed E-state index contributed by atoms with van der Waals surface area (Å²) >= 11 is 0. The Labute approximate surface area is 157 Å².